The van der Waals surface area contributed by atoms with Gasteiger partial charge >= 0.3 is 0 Å². The maximum Gasteiger partial charge on any atom is 0.123 e. The molecule has 1 aromatic heterocycles. The van der Waals surface area contributed by atoms with E-state index in [1.165, 1.54) is 12.1 Å². The van der Waals surface area contributed by atoms with Crippen molar-refractivity contribution in [2.75, 3.05) is 0 Å². The molecule has 1 aromatic carbocycles. The molecule has 1 nitrogen and oxygen atoms in total. The molecule has 70 valence electrons. The Labute approximate surface area is 89.7 Å². The molecule has 14 heavy (non-hydrogen) atoms. The third-order valence-corrected chi connectivity index (χ3v) is 2.36. The summed E-state index contributed by atoms with van der Waals surface area (Å²) in [6, 6.07) is 10.0. The van der Waals surface area contributed by atoms with Crippen molar-refractivity contribution in [2.45, 2.75) is 0 Å². The first kappa shape index (κ1) is 9.34. The molecule has 0 unspecified atom stereocenters. The minimum absolute atomic E-state index is 0.233. The average molecular weight is 252 g/mol. The molecular formula is C11H7BrFN. The summed E-state index contributed by atoms with van der Waals surface area (Å²) >= 11 is 3.36. The van der Waals surface area contributed by atoms with E-state index in [0.717, 1.165) is 15.7 Å². The molecule has 0 saturated carbocycles. The fourth-order valence-electron chi connectivity index (χ4n) is 1.18. The molecule has 0 radical (unpaired) electrons. The number of aromatic nitrogens is 1. The minimum atomic E-state index is -0.233. The second-order valence-electron chi connectivity index (χ2n) is 2.87. The van der Waals surface area contributed by atoms with Gasteiger partial charge in [-0.15, -0.1) is 0 Å². The Balaban J connectivity index is 2.44. The molecule has 1 heterocycles. The Morgan fingerprint density at radius 2 is 1.79 bits per heavy atom. The van der Waals surface area contributed by atoms with Crippen LogP contribution in [0.2, 0.25) is 0 Å². The van der Waals surface area contributed by atoms with E-state index < -0.39 is 0 Å². The summed E-state index contributed by atoms with van der Waals surface area (Å²) < 4.78 is 13.6. The van der Waals surface area contributed by atoms with Crippen LogP contribution in [0.1, 0.15) is 0 Å². The lowest BCUT2D eigenvalue weighted by Crippen LogP contribution is -1.82. The van der Waals surface area contributed by atoms with E-state index in [4.69, 9.17) is 0 Å². The van der Waals surface area contributed by atoms with Crippen molar-refractivity contribution < 1.29 is 4.39 Å². The Morgan fingerprint density at radius 3 is 2.43 bits per heavy atom. The van der Waals surface area contributed by atoms with Crippen molar-refractivity contribution in [3.05, 3.63) is 52.9 Å². The Kier molecular flexibility index (Phi) is 2.59. The average Bonchev–Trinajstić information content (AvgIpc) is 2.19. The first-order valence-corrected chi connectivity index (χ1v) is 4.92. The molecule has 0 fully saturated rings. The van der Waals surface area contributed by atoms with E-state index in [0.29, 0.717) is 0 Å². The van der Waals surface area contributed by atoms with Crippen molar-refractivity contribution in [3.8, 4) is 11.3 Å². The maximum absolute atomic E-state index is 12.7. The predicted molar refractivity (Wildman–Crippen MR) is 57.3 cm³/mol. The van der Waals surface area contributed by atoms with E-state index in [1.54, 1.807) is 18.3 Å². The molecule has 0 N–H and O–H groups in total. The van der Waals surface area contributed by atoms with Crippen LogP contribution in [0.5, 0.6) is 0 Å². The number of pyridine rings is 1. The summed E-state index contributed by atoms with van der Waals surface area (Å²) in [5.41, 5.74) is 1.74. The van der Waals surface area contributed by atoms with Crippen molar-refractivity contribution in [1.82, 2.24) is 4.98 Å². The van der Waals surface area contributed by atoms with Crippen molar-refractivity contribution in [2.24, 2.45) is 0 Å². The lowest BCUT2D eigenvalue weighted by Gasteiger charge is -2.00. The topological polar surface area (TPSA) is 12.9 Å². The molecule has 2 rings (SSSR count). The van der Waals surface area contributed by atoms with Crippen LogP contribution in [0.3, 0.4) is 0 Å². The third-order valence-electron chi connectivity index (χ3n) is 1.86. The lowest BCUT2D eigenvalue weighted by molar-refractivity contribution is 0.628. The van der Waals surface area contributed by atoms with E-state index in [1.807, 2.05) is 12.1 Å². The van der Waals surface area contributed by atoms with Crippen molar-refractivity contribution in [3.63, 3.8) is 0 Å². The van der Waals surface area contributed by atoms with Gasteiger partial charge in [-0.05, 0) is 36.4 Å². The minimum Gasteiger partial charge on any atom is -0.256 e. The lowest BCUT2D eigenvalue weighted by atomic mass is 10.1. The summed E-state index contributed by atoms with van der Waals surface area (Å²) in [6.07, 6.45) is 1.71. The molecule has 0 aliphatic rings. The molecule has 0 atom stereocenters. The zero-order valence-corrected chi connectivity index (χ0v) is 8.83. The van der Waals surface area contributed by atoms with Gasteiger partial charge in [-0.1, -0.05) is 15.9 Å². The molecule has 0 amide bonds. The van der Waals surface area contributed by atoms with Gasteiger partial charge in [0.05, 0.1) is 5.69 Å². The van der Waals surface area contributed by atoms with Crippen LogP contribution < -0.4 is 0 Å². The molecule has 0 aliphatic carbocycles. The standard InChI is InChI=1S/C11H7BrFN/c12-9-5-6-14-11(7-9)8-1-3-10(13)4-2-8/h1-7H. The van der Waals surface area contributed by atoms with Gasteiger partial charge in [-0.2, -0.15) is 0 Å². The van der Waals surface area contributed by atoms with Gasteiger partial charge in [-0.3, -0.25) is 4.98 Å². The van der Waals surface area contributed by atoms with Crippen LogP contribution in [0.15, 0.2) is 47.1 Å². The number of hydrogen-bond acceptors (Lipinski definition) is 1. The Bertz CT molecular complexity index is 439. The second-order valence-corrected chi connectivity index (χ2v) is 3.78. The van der Waals surface area contributed by atoms with E-state index in [2.05, 4.69) is 20.9 Å². The molecule has 0 spiro atoms. The molecule has 0 aliphatic heterocycles. The molecule has 3 heteroatoms. The number of nitrogens with zero attached hydrogens (tertiary/aromatic N) is 1. The molecular weight excluding hydrogens is 245 g/mol. The summed E-state index contributed by atoms with van der Waals surface area (Å²) in [6.45, 7) is 0. The van der Waals surface area contributed by atoms with Gasteiger partial charge in [0.2, 0.25) is 0 Å². The predicted octanol–water partition coefficient (Wildman–Crippen LogP) is 3.65. The van der Waals surface area contributed by atoms with Crippen LogP contribution in [-0.4, -0.2) is 4.98 Å². The van der Waals surface area contributed by atoms with Crippen LogP contribution in [0.4, 0.5) is 4.39 Å². The highest BCUT2D eigenvalue weighted by atomic mass is 79.9. The van der Waals surface area contributed by atoms with Gasteiger partial charge in [0.1, 0.15) is 5.82 Å². The Morgan fingerprint density at radius 1 is 1.07 bits per heavy atom. The van der Waals surface area contributed by atoms with Gasteiger partial charge in [-0.25, -0.2) is 4.39 Å². The summed E-state index contributed by atoms with van der Waals surface area (Å²) in [5, 5.41) is 0. The van der Waals surface area contributed by atoms with E-state index in [9.17, 15) is 4.39 Å². The quantitative estimate of drug-likeness (QED) is 0.754. The smallest absolute Gasteiger partial charge is 0.123 e. The molecule has 0 saturated heterocycles. The maximum atomic E-state index is 12.7. The van der Waals surface area contributed by atoms with Crippen LogP contribution in [-0.2, 0) is 0 Å². The largest absolute Gasteiger partial charge is 0.256 e. The summed E-state index contributed by atoms with van der Waals surface area (Å²) in [7, 11) is 0. The highest BCUT2D eigenvalue weighted by molar-refractivity contribution is 9.10. The van der Waals surface area contributed by atoms with Gasteiger partial charge in [0.25, 0.3) is 0 Å². The van der Waals surface area contributed by atoms with E-state index >= 15 is 0 Å². The molecule has 2 aromatic rings. The second kappa shape index (κ2) is 3.88. The van der Waals surface area contributed by atoms with Gasteiger partial charge in [0, 0.05) is 16.2 Å². The number of benzene rings is 1. The van der Waals surface area contributed by atoms with Crippen molar-refractivity contribution in [1.29, 1.82) is 0 Å². The third kappa shape index (κ3) is 1.99. The monoisotopic (exact) mass is 251 g/mol. The first-order chi connectivity index (χ1) is 6.75. The highest BCUT2D eigenvalue weighted by Crippen LogP contribution is 2.20. The summed E-state index contributed by atoms with van der Waals surface area (Å²) in [4.78, 5) is 4.19. The van der Waals surface area contributed by atoms with Crippen LogP contribution in [0, 0.1) is 5.82 Å². The SMILES string of the molecule is Fc1ccc(-c2cc(Br)ccn2)cc1. The molecule has 0 bridgehead atoms. The summed E-state index contributed by atoms with van der Waals surface area (Å²) in [5.74, 6) is -0.233. The fraction of sp³-hybridized carbons (Fsp3) is 0. The zero-order chi connectivity index (χ0) is 9.97. The Hall–Kier alpha value is -1.22. The zero-order valence-electron chi connectivity index (χ0n) is 7.24. The number of rotatable bonds is 1. The van der Waals surface area contributed by atoms with Gasteiger partial charge in [0.15, 0.2) is 0 Å². The highest BCUT2D eigenvalue weighted by Gasteiger charge is 1.99. The van der Waals surface area contributed by atoms with Crippen LogP contribution in [0.25, 0.3) is 11.3 Å². The normalized spacial score (nSPS) is 10.1. The number of hydrogen-bond donors (Lipinski definition) is 0. The van der Waals surface area contributed by atoms with E-state index in [-0.39, 0.29) is 5.82 Å². The number of halogens is 2. The van der Waals surface area contributed by atoms with Crippen LogP contribution >= 0.6 is 15.9 Å². The fourth-order valence-corrected chi connectivity index (χ4v) is 1.52. The first-order valence-electron chi connectivity index (χ1n) is 4.13. The van der Waals surface area contributed by atoms with Crippen molar-refractivity contribution >= 4 is 15.9 Å². The van der Waals surface area contributed by atoms with Gasteiger partial charge < -0.3 is 0 Å².